The van der Waals surface area contributed by atoms with E-state index in [-0.39, 0.29) is 5.91 Å². The Morgan fingerprint density at radius 2 is 2.17 bits per heavy atom. The van der Waals surface area contributed by atoms with Crippen molar-refractivity contribution in [2.45, 2.75) is 20.4 Å². The van der Waals surface area contributed by atoms with Crippen molar-refractivity contribution in [2.24, 2.45) is 0 Å². The van der Waals surface area contributed by atoms with Gasteiger partial charge in [-0.05, 0) is 31.0 Å². The number of benzene rings is 1. The molecule has 0 saturated carbocycles. The fourth-order valence-corrected chi connectivity index (χ4v) is 1.71. The molecular formula is C13H15N3O2. The average molecular weight is 245 g/mol. The van der Waals surface area contributed by atoms with Gasteiger partial charge in [0.2, 0.25) is 0 Å². The molecule has 2 aromatic rings. The molecule has 0 bridgehead atoms. The summed E-state index contributed by atoms with van der Waals surface area (Å²) in [7, 11) is 0. The first-order valence-corrected chi connectivity index (χ1v) is 5.62. The number of nitrogens with one attached hydrogen (secondary N) is 1. The molecule has 0 atom stereocenters. The van der Waals surface area contributed by atoms with Gasteiger partial charge in [0.05, 0.1) is 12.7 Å². The summed E-state index contributed by atoms with van der Waals surface area (Å²) in [5.41, 5.74) is 8.88. The number of carbonyl (C=O) groups is 1. The molecular weight excluding hydrogens is 230 g/mol. The van der Waals surface area contributed by atoms with Crippen molar-refractivity contribution in [3.63, 3.8) is 0 Å². The Labute approximate surface area is 105 Å². The molecule has 1 amide bonds. The van der Waals surface area contributed by atoms with E-state index in [2.05, 4.69) is 10.5 Å². The highest BCUT2D eigenvalue weighted by atomic mass is 16.5. The van der Waals surface area contributed by atoms with Crippen LogP contribution in [0.1, 0.15) is 27.2 Å². The first-order valence-electron chi connectivity index (χ1n) is 5.62. The highest BCUT2D eigenvalue weighted by molar-refractivity contribution is 5.96. The fraction of sp³-hybridized carbons (Fsp3) is 0.231. The summed E-state index contributed by atoms with van der Waals surface area (Å²) in [6.45, 7) is 4.11. The summed E-state index contributed by atoms with van der Waals surface area (Å²) in [4.78, 5) is 12.0. The van der Waals surface area contributed by atoms with Crippen LogP contribution in [0, 0.1) is 13.8 Å². The maximum Gasteiger partial charge on any atom is 0.252 e. The van der Waals surface area contributed by atoms with Gasteiger partial charge in [-0.1, -0.05) is 11.2 Å². The number of nitrogen functional groups attached to an aromatic ring is 1. The predicted octanol–water partition coefficient (Wildman–Crippen LogP) is 1.80. The third kappa shape index (κ3) is 2.51. The lowest BCUT2D eigenvalue weighted by atomic mass is 10.0. The Morgan fingerprint density at radius 1 is 1.39 bits per heavy atom. The zero-order chi connectivity index (χ0) is 13.1. The molecule has 1 aromatic heterocycles. The summed E-state index contributed by atoms with van der Waals surface area (Å²) in [5, 5.41) is 6.33. The standard InChI is InChI=1S/C13H15N3O2/c1-8-5-9(2)12(14)6-11(8)13(17)15-7-10-3-4-16-18-10/h3-6H,7,14H2,1-2H3,(H,15,17). The maximum absolute atomic E-state index is 12.0. The van der Waals surface area contributed by atoms with Crippen LogP contribution in [-0.2, 0) is 6.54 Å². The average Bonchev–Trinajstić information content (AvgIpc) is 2.84. The van der Waals surface area contributed by atoms with Crippen LogP contribution in [-0.4, -0.2) is 11.1 Å². The third-order valence-corrected chi connectivity index (χ3v) is 2.77. The number of amides is 1. The Kier molecular flexibility index (Phi) is 3.32. The number of hydrogen-bond acceptors (Lipinski definition) is 4. The number of rotatable bonds is 3. The monoisotopic (exact) mass is 245 g/mol. The van der Waals surface area contributed by atoms with E-state index in [9.17, 15) is 4.79 Å². The Bertz CT molecular complexity index is 562. The van der Waals surface area contributed by atoms with Crippen molar-refractivity contribution in [3.05, 3.63) is 46.8 Å². The largest absolute Gasteiger partial charge is 0.398 e. The highest BCUT2D eigenvalue weighted by Gasteiger charge is 2.11. The van der Waals surface area contributed by atoms with Gasteiger partial charge in [0.15, 0.2) is 5.76 Å². The number of anilines is 1. The minimum absolute atomic E-state index is 0.171. The van der Waals surface area contributed by atoms with E-state index < -0.39 is 0 Å². The number of carbonyl (C=O) groups excluding carboxylic acids is 1. The molecule has 1 heterocycles. The molecule has 0 aliphatic heterocycles. The van der Waals surface area contributed by atoms with Gasteiger partial charge in [-0.3, -0.25) is 4.79 Å². The van der Waals surface area contributed by atoms with Crippen LogP contribution in [0.2, 0.25) is 0 Å². The van der Waals surface area contributed by atoms with Crippen LogP contribution < -0.4 is 11.1 Å². The second-order valence-electron chi connectivity index (χ2n) is 4.19. The van der Waals surface area contributed by atoms with Gasteiger partial charge in [0.1, 0.15) is 0 Å². The van der Waals surface area contributed by atoms with Crippen molar-refractivity contribution >= 4 is 11.6 Å². The van der Waals surface area contributed by atoms with E-state index in [1.807, 2.05) is 19.9 Å². The molecule has 5 heteroatoms. The van der Waals surface area contributed by atoms with Gasteiger partial charge in [-0.2, -0.15) is 0 Å². The number of nitrogens with zero attached hydrogens (tertiary/aromatic N) is 1. The second kappa shape index (κ2) is 4.91. The van der Waals surface area contributed by atoms with Gasteiger partial charge in [-0.15, -0.1) is 0 Å². The van der Waals surface area contributed by atoms with Crippen LogP contribution in [0.3, 0.4) is 0 Å². The molecule has 0 spiro atoms. The van der Waals surface area contributed by atoms with Crippen molar-refractivity contribution in [2.75, 3.05) is 5.73 Å². The Balaban J connectivity index is 2.11. The molecule has 5 nitrogen and oxygen atoms in total. The molecule has 3 N–H and O–H groups in total. The first kappa shape index (κ1) is 12.2. The molecule has 18 heavy (non-hydrogen) atoms. The number of aryl methyl sites for hydroxylation is 2. The smallest absolute Gasteiger partial charge is 0.252 e. The van der Waals surface area contributed by atoms with Crippen molar-refractivity contribution in [1.82, 2.24) is 10.5 Å². The second-order valence-corrected chi connectivity index (χ2v) is 4.19. The van der Waals surface area contributed by atoms with Crippen molar-refractivity contribution < 1.29 is 9.32 Å². The lowest BCUT2D eigenvalue weighted by Crippen LogP contribution is -2.23. The van der Waals surface area contributed by atoms with Crippen LogP contribution in [0.25, 0.3) is 0 Å². The van der Waals surface area contributed by atoms with Crippen LogP contribution in [0.5, 0.6) is 0 Å². The van der Waals surface area contributed by atoms with E-state index in [1.165, 1.54) is 6.20 Å². The van der Waals surface area contributed by atoms with Gasteiger partial charge in [0, 0.05) is 17.3 Å². The van der Waals surface area contributed by atoms with E-state index in [1.54, 1.807) is 12.1 Å². The molecule has 0 unspecified atom stereocenters. The number of aromatic nitrogens is 1. The van der Waals surface area contributed by atoms with Crippen LogP contribution >= 0.6 is 0 Å². The maximum atomic E-state index is 12.0. The van der Waals surface area contributed by atoms with Crippen LogP contribution in [0.15, 0.2) is 28.9 Å². The Hall–Kier alpha value is -2.30. The summed E-state index contributed by atoms with van der Waals surface area (Å²) in [6, 6.07) is 5.30. The quantitative estimate of drug-likeness (QED) is 0.808. The topological polar surface area (TPSA) is 81.2 Å². The molecule has 2 rings (SSSR count). The molecule has 0 saturated heterocycles. The van der Waals surface area contributed by atoms with Gasteiger partial charge in [-0.25, -0.2) is 0 Å². The van der Waals surface area contributed by atoms with E-state index in [4.69, 9.17) is 10.3 Å². The van der Waals surface area contributed by atoms with Crippen molar-refractivity contribution in [1.29, 1.82) is 0 Å². The first-order chi connectivity index (χ1) is 8.58. The fourth-order valence-electron chi connectivity index (χ4n) is 1.71. The van der Waals surface area contributed by atoms with Gasteiger partial charge in [0.25, 0.3) is 5.91 Å². The lowest BCUT2D eigenvalue weighted by Gasteiger charge is -2.09. The van der Waals surface area contributed by atoms with E-state index in [0.717, 1.165) is 11.1 Å². The zero-order valence-electron chi connectivity index (χ0n) is 10.4. The minimum Gasteiger partial charge on any atom is -0.398 e. The number of hydrogen-bond donors (Lipinski definition) is 2. The molecule has 0 aliphatic carbocycles. The molecule has 0 fully saturated rings. The normalized spacial score (nSPS) is 10.3. The van der Waals surface area contributed by atoms with E-state index >= 15 is 0 Å². The molecule has 1 aromatic carbocycles. The van der Waals surface area contributed by atoms with Crippen LogP contribution in [0.4, 0.5) is 5.69 Å². The van der Waals surface area contributed by atoms with Gasteiger partial charge >= 0.3 is 0 Å². The summed E-state index contributed by atoms with van der Waals surface area (Å²) < 4.78 is 4.90. The minimum atomic E-state index is -0.171. The summed E-state index contributed by atoms with van der Waals surface area (Å²) in [6.07, 6.45) is 1.54. The molecule has 94 valence electrons. The molecule has 0 radical (unpaired) electrons. The summed E-state index contributed by atoms with van der Waals surface area (Å²) >= 11 is 0. The lowest BCUT2D eigenvalue weighted by molar-refractivity contribution is 0.0946. The molecule has 0 aliphatic rings. The summed E-state index contributed by atoms with van der Waals surface area (Å²) in [5.74, 6) is 0.441. The SMILES string of the molecule is Cc1cc(C)c(C(=O)NCc2ccno2)cc1N. The number of nitrogens with two attached hydrogens (primary N) is 1. The third-order valence-electron chi connectivity index (χ3n) is 2.77. The highest BCUT2D eigenvalue weighted by Crippen LogP contribution is 2.17. The zero-order valence-corrected chi connectivity index (χ0v) is 10.4. The van der Waals surface area contributed by atoms with Gasteiger partial charge < -0.3 is 15.6 Å². The predicted molar refractivity (Wildman–Crippen MR) is 68.0 cm³/mol. The van der Waals surface area contributed by atoms with E-state index in [0.29, 0.717) is 23.6 Å². The Morgan fingerprint density at radius 3 is 2.83 bits per heavy atom. The van der Waals surface area contributed by atoms with Crippen molar-refractivity contribution in [3.8, 4) is 0 Å².